The van der Waals surface area contributed by atoms with E-state index in [1.807, 2.05) is 30.5 Å². The number of aromatic nitrogens is 1. The Morgan fingerprint density at radius 1 is 1.27 bits per heavy atom. The Bertz CT molecular complexity index is 963. The molecule has 1 fully saturated rings. The molecule has 2 heterocycles. The molecule has 2 aromatic heterocycles. The van der Waals surface area contributed by atoms with E-state index in [4.69, 9.17) is 5.73 Å². The zero-order valence-electron chi connectivity index (χ0n) is 17.5. The number of rotatable bonds is 7. The van der Waals surface area contributed by atoms with Crippen molar-refractivity contribution in [3.8, 4) is 0 Å². The molecule has 1 aliphatic carbocycles. The van der Waals surface area contributed by atoms with Gasteiger partial charge < -0.3 is 11.1 Å². The van der Waals surface area contributed by atoms with Gasteiger partial charge >= 0.3 is 6.03 Å². The van der Waals surface area contributed by atoms with Crippen molar-refractivity contribution in [1.82, 2.24) is 10.3 Å². The number of pyridine rings is 1. The minimum absolute atomic E-state index is 0.424. The number of carbonyl (C=O) groups is 1. The number of hydrogen-bond acceptors (Lipinski definition) is 4. The van der Waals surface area contributed by atoms with Gasteiger partial charge in [0.2, 0.25) is 0 Å². The van der Waals surface area contributed by atoms with Crippen LogP contribution in [0.4, 0.5) is 15.5 Å². The average Bonchev–Trinajstić information content (AvgIpc) is 3.17. The Hall–Kier alpha value is -2.44. The maximum atomic E-state index is 12.4. The molecule has 3 N–H and O–H groups in total. The fourth-order valence-electron chi connectivity index (χ4n) is 4.49. The number of thiophene rings is 1. The number of urea groups is 1. The van der Waals surface area contributed by atoms with E-state index in [1.165, 1.54) is 38.5 Å². The van der Waals surface area contributed by atoms with Gasteiger partial charge in [-0.3, -0.25) is 9.88 Å². The lowest BCUT2D eigenvalue weighted by molar-refractivity contribution is 0.256. The van der Waals surface area contributed by atoms with E-state index in [9.17, 15) is 4.79 Å². The van der Waals surface area contributed by atoms with Crippen LogP contribution in [-0.2, 0) is 6.54 Å². The van der Waals surface area contributed by atoms with Crippen LogP contribution in [0.5, 0.6) is 0 Å². The summed E-state index contributed by atoms with van der Waals surface area (Å²) in [4.78, 5) is 18.4. The molecule has 1 unspecified atom stereocenters. The SMILES string of the molecule is CC(CC1CCCCC1)NCc1cnccc1N(C(N)=O)c1cc2ccccc2s1. The van der Waals surface area contributed by atoms with E-state index in [1.54, 1.807) is 22.4 Å². The number of nitrogens with one attached hydrogen (secondary N) is 1. The number of anilines is 2. The van der Waals surface area contributed by atoms with Gasteiger partial charge in [0.15, 0.2) is 0 Å². The standard InChI is InChI=1S/C24H30N4OS/c1-17(13-18-7-3-2-4-8-18)27-16-20-15-26-12-11-21(20)28(24(25)29)23-14-19-9-5-6-10-22(19)30-23/h5-6,9-12,14-15,17-18,27H,2-4,7-8,13,16H2,1H3,(H2,25,29). The van der Waals surface area contributed by atoms with E-state index in [2.05, 4.69) is 29.4 Å². The van der Waals surface area contributed by atoms with Gasteiger partial charge in [-0.1, -0.05) is 50.3 Å². The summed E-state index contributed by atoms with van der Waals surface area (Å²) in [6.07, 6.45) is 11.6. The van der Waals surface area contributed by atoms with E-state index in [0.717, 1.165) is 32.3 Å². The van der Waals surface area contributed by atoms with E-state index in [0.29, 0.717) is 12.6 Å². The third-order valence-corrected chi connectivity index (χ3v) is 7.13. The van der Waals surface area contributed by atoms with Gasteiger partial charge in [0.25, 0.3) is 0 Å². The molecule has 0 bridgehead atoms. The summed E-state index contributed by atoms with van der Waals surface area (Å²) in [6, 6.07) is 12.0. The smallest absolute Gasteiger partial charge is 0.324 e. The van der Waals surface area contributed by atoms with Crippen LogP contribution in [0.25, 0.3) is 10.1 Å². The molecule has 0 saturated heterocycles. The Morgan fingerprint density at radius 2 is 2.07 bits per heavy atom. The number of nitrogens with two attached hydrogens (primary N) is 1. The summed E-state index contributed by atoms with van der Waals surface area (Å²) in [5.74, 6) is 0.829. The van der Waals surface area contributed by atoms with Crippen LogP contribution in [0.1, 0.15) is 51.0 Å². The van der Waals surface area contributed by atoms with Crippen LogP contribution in [0.3, 0.4) is 0 Å². The number of nitrogens with zero attached hydrogens (tertiary/aromatic N) is 2. The van der Waals surface area contributed by atoms with Gasteiger partial charge in [-0.2, -0.15) is 0 Å². The van der Waals surface area contributed by atoms with Crippen LogP contribution in [0.15, 0.2) is 48.8 Å². The highest BCUT2D eigenvalue weighted by molar-refractivity contribution is 7.23. The Kier molecular flexibility index (Phi) is 6.65. The molecule has 0 spiro atoms. The molecule has 5 nitrogen and oxygen atoms in total. The van der Waals surface area contributed by atoms with E-state index in [-0.39, 0.29) is 0 Å². The molecule has 158 valence electrons. The third-order valence-electron chi connectivity index (χ3n) is 6.02. The first-order chi connectivity index (χ1) is 14.6. The average molecular weight is 423 g/mol. The number of primary amides is 1. The first kappa shape index (κ1) is 20.8. The number of carbonyl (C=O) groups excluding carboxylic acids is 1. The van der Waals surface area contributed by atoms with Crippen molar-refractivity contribution in [2.24, 2.45) is 11.7 Å². The topological polar surface area (TPSA) is 71.2 Å². The quantitative estimate of drug-likeness (QED) is 0.493. The lowest BCUT2D eigenvalue weighted by Gasteiger charge is -2.26. The summed E-state index contributed by atoms with van der Waals surface area (Å²) < 4.78 is 1.13. The Balaban J connectivity index is 1.52. The van der Waals surface area contributed by atoms with Crippen molar-refractivity contribution in [2.75, 3.05) is 4.90 Å². The second-order valence-corrected chi connectivity index (χ2v) is 9.38. The van der Waals surface area contributed by atoms with Crippen molar-refractivity contribution in [3.05, 3.63) is 54.4 Å². The molecular formula is C24H30N4OS. The van der Waals surface area contributed by atoms with Gasteiger partial charge in [-0.15, -0.1) is 11.3 Å². The molecule has 0 radical (unpaired) electrons. The second kappa shape index (κ2) is 9.58. The van der Waals surface area contributed by atoms with Gasteiger partial charge in [-0.25, -0.2) is 4.79 Å². The van der Waals surface area contributed by atoms with Crippen molar-refractivity contribution in [1.29, 1.82) is 0 Å². The number of amides is 2. The zero-order chi connectivity index (χ0) is 20.9. The molecule has 6 heteroatoms. The third kappa shape index (κ3) is 4.82. The van der Waals surface area contributed by atoms with Crippen LogP contribution in [0, 0.1) is 5.92 Å². The number of fused-ring (bicyclic) bond motifs is 1. The first-order valence-electron chi connectivity index (χ1n) is 10.9. The van der Waals surface area contributed by atoms with E-state index < -0.39 is 6.03 Å². The summed E-state index contributed by atoms with van der Waals surface area (Å²) in [6.45, 7) is 2.91. The molecule has 1 aliphatic rings. The minimum Gasteiger partial charge on any atom is -0.351 e. The summed E-state index contributed by atoms with van der Waals surface area (Å²) >= 11 is 1.57. The predicted molar refractivity (Wildman–Crippen MR) is 125 cm³/mol. The molecule has 1 aromatic carbocycles. The van der Waals surface area contributed by atoms with Gasteiger partial charge in [0, 0.05) is 35.2 Å². The van der Waals surface area contributed by atoms with Crippen molar-refractivity contribution >= 4 is 38.1 Å². The molecule has 1 atom stereocenters. The molecule has 30 heavy (non-hydrogen) atoms. The second-order valence-electron chi connectivity index (χ2n) is 8.32. The highest BCUT2D eigenvalue weighted by atomic mass is 32.1. The molecular weight excluding hydrogens is 392 g/mol. The number of hydrogen-bond donors (Lipinski definition) is 2. The van der Waals surface area contributed by atoms with Crippen LogP contribution in [0.2, 0.25) is 0 Å². The molecule has 4 rings (SSSR count). The minimum atomic E-state index is -0.482. The Morgan fingerprint density at radius 3 is 2.83 bits per heavy atom. The fourth-order valence-corrected chi connectivity index (χ4v) is 5.57. The van der Waals surface area contributed by atoms with Gasteiger partial charge in [0.05, 0.1) is 5.69 Å². The predicted octanol–water partition coefficient (Wildman–Crippen LogP) is 5.96. The van der Waals surface area contributed by atoms with Crippen LogP contribution >= 0.6 is 11.3 Å². The monoisotopic (exact) mass is 422 g/mol. The maximum absolute atomic E-state index is 12.4. The zero-order valence-corrected chi connectivity index (χ0v) is 18.3. The lowest BCUT2D eigenvalue weighted by Crippen LogP contribution is -2.33. The molecule has 3 aromatic rings. The molecule has 0 aliphatic heterocycles. The highest BCUT2D eigenvalue weighted by Crippen LogP contribution is 2.37. The van der Waals surface area contributed by atoms with Crippen molar-refractivity contribution in [3.63, 3.8) is 0 Å². The van der Waals surface area contributed by atoms with Crippen molar-refractivity contribution < 1.29 is 4.79 Å². The van der Waals surface area contributed by atoms with Gasteiger partial charge in [-0.05, 0) is 42.8 Å². The summed E-state index contributed by atoms with van der Waals surface area (Å²) in [5, 5.41) is 5.58. The summed E-state index contributed by atoms with van der Waals surface area (Å²) in [7, 11) is 0. The van der Waals surface area contributed by atoms with Crippen LogP contribution in [-0.4, -0.2) is 17.1 Å². The van der Waals surface area contributed by atoms with E-state index >= 15 is 0 Å². The van der Waals surface area contributed by atoms with Gasteiger partial charge in [0.1, 0.15) is 5.00 Å². The van der Waals surface area contributed by atoms with Crippen molar-refractivity contribution in [2.45, 2.75) is 58.0 Å². The fraction of sp³-hybridized carbons (Fsp3) is 0.417. The lowest BCUT2D eigenvalue weighted by atomic mass is 9.85. The maximum Gasteiger partial charge on any atom is 0.324 e. The van der Waals surface area contributed by atoms with Crippen LogP contribution < -0.4 is 16.0 Å². The number of benzene rings is 1. The largest absolute Gasteiger partial charge is 0.351 e. The molecule has 1 saturated carbocycles. The summed E-state index contributed by atoms with van der Waals surface area (Å²) in [5.41, 5.74) is 7.59. The molecule has 2 amide bonds. The first-order valence-corrected chi connectivity index (χ1v) is 11.7. The normalized spacial score (nSPS) is 15.9. The Labute approximate surface area is 182 Å². The highest BCUT2D eigenvalue weighted by Gasteiger charge is 2.21.